The zero-order valence-corrected chi connectivity index (χ0v) is 15.0. The number of amides is 2. The van der Waals surface area contributed by atoms with Crippen LogP contribution in [0.2, 0.25) is 0 Å². The average Bonchev–Trinajstić information content (AvgIpc) is 3.08. The van der Waals surface area contributed by atoms with Crippen molar-refractivity contribution in [1.82, 2.24) is 15.1 Å². The molecule has 0 radical (unpaired) electrons. The van der Waals surface area contributed by atoms with Crippen LogP contribution in [0.4, 0.5) is 10.5 Å². The number of hydrogen-bond donors (Lipinski definition) is 2. The van der Waals surface area contributed by atoms with Gasteiger partial charge in [0, 0.05) is 42.9 Å². The van der Waals surface area contributed by atoms with Gasteiger partial charge >= 0.3 is 6.03 Å². The van der Waals surface area contributed by atoms with E-state index in [1.54, 1.807) is 10.9 Å². The second-order valence-corrected chi connectivity index (χ2v) is 6.21. The Morgan fingerprint density at radius 2 is 2.28 bits per heavy atom. The first-order chi connectivity index (χ1) is 12.0. The summed E-state index contributed by atoms with van der Waals surface area (Å²) in [6.07, 6.45) is 2.75. The van der Waals surface area contributed by atoms with E-state index in [0.29, 0.717) is 24.6 Å². The molecular formula is C18H24N4O3. The molecule has 0 saturated heterocycles. The number of ether oxygens (including phenoxy) is 2. The Bertz CT molecular complexity index is 785. The van der Waals surface area contributed by atoms with Gasteiger partial charge in [0.25, 0.3) is 0 Å². The summed E-state index contributed by atoms with van der Waals surface area (Å²) in [6.45, 7) is 6.85. The molecule has 3 rings (SSSR count). The van der Waals surface area contributed by atoms with Gasteiger partial charge in [-0.2, -0.15) is 5.10 Å². The van der Waals surface area contributed by atoms with Crippen molar-refractivity contribution in [2.75, 3.05) is 11.9 Å². The largest absolute Gasteiger partial charge is 0.492 e. The molecule has 7 heteroatoms. The zero-order chi connectivity index (χ0) is 18.0. The lowest BCUT2D eigenvalue weighted by Crippen LogP contribution is -2.28. The molecule has 1 unspecified atom stereocenters. The van der Waals surface area contributed by atoms with Crippen LogP contribution < -0.4 is 20.1 Å². The maximum atomic E-state index is 12.3. The van der Waals surface area contributed by atoms with Gasteiger partial charge in [-0.05, 0) is 26.8 Å². The number of nitrogens with one attached hydrogen (secondary N) is 2. The maximum absolute atomic E-state index is 12.3. The lowest BCUT2D eigenvalue weighted by Gasteiger charge is -2.14. The van der Waals surface area contributed by atoms with Crippen molar-refractivity contribution in [2.45, 2.75) is 39.8 Å². The van der Waals surface area contributed by atoms with Gasteiger partial charge in [0.2, 0.25) is 0 Å². The first kappa shape index (κ1) is 17.1. The molecular weight excluding hydrogens is 320 g/mol. The van der Waals surface area contributed by atoms with Crippen LogP contribution >= 0.6 is 0 Å². The Morgan fingerprint density at radius 3 is 2.96 bits per heavy atom. The molecule has 0 spiro atoms. The Kier molecular flexibility index (Phi) is 4.83. The first-order valence-corrected chi connectivity index (χ1v) is 8.46. The van der Waals surface area contributed by atoms with E-state index in [-0.39, 0.29) is 12.1 Å². The number of benzene rings is 1. The van der Waals surface area contributed by atoms with Gasteiger partial charge in [0.15, 0.2) is 0 Å². The minimum Gasteiger partial charge on any atom is -0.492 e. The molecule has 7 nitrogen and oxygen atoms in total. The molecule has 25 heavy (non-hydrogen) atoms. The van der Waals surface area contributed by atoms with E-state index in [1.165, 1.54) is 0 Å². The number of nitrogens with zero attached hydrogens (tertiary/aromatic N) is 2. The molecule has 1 aliphatic rings. The summed E-state index contributed by atoms with van der Waals surface area (Å²) >= 11 is 0. The second kappa shape index (κ2) is 7.04. The van der Waals surface area contributed by atoms with Gasteiger partial charge in [0.05, 0.1) is 18.5 Å². The van der Waals surface area contributed by atoms with Crippen LogP contribution in [0.25, 0.3) is 0 Å². The molecule has 0 bridgehead atoms. The Balaban J connectivity index is 1.70. The van der Waals surface area contributed by atoms with Crippen LogP contribution in [0.1, 0.15) is 30.7 Å². The minimum absolute atomic E-state index is 0.141. The highest BCUT2D eigenvalue weighted by Gasteiger charge is 2.22. The Labute approximate surface area is 147 Å². The van der Waals surface area contributed by atoms with E-state index >= 15 is 0 Å². The highest BCUT2D eigenvalue weighted by atomic mass is 16.5. The van der Waals surface area contributed by atoms with Crippen molar-refractivity contribution in [3.05, 3.63) is 35.2 Å². The summed E-state index contributed by atoms with van der Waals surface area (Å²) in [5, 5.41) is 9.87. The topological polar surface area (TPSA) is 77.4 Å². The summed E-state index contributed by atoms with van der Waals surface area (Å²) < 4.78 is 13.2. The number of aryl methyl sites for hydroxylation is 1. The van der Waals surface area contributed by atoms with Crippen molar-refractivity contribution in [1.29, 1.82) is 0 Å². The molecule has 134 valence electrons. The van der Waals surface area contributed by atoms with E-state index in [0.717, 1.165) is 29.0 Å². The van der Waals surface area contributed by atoms with Crippen LogP contribution in [0.15, 0.2) is 18.3 Å². The first-order valence-electron chi connectivity index (χ1n) is 8.46. The quantitative estimate of drug-likeness (QED) is 0.874. The van der Waals surface area contributed by atoms with Gasteiger partial charge in [-0.3, -0.25) is 4.68 Å². The van der Waals surface area contributed by atoms with E-state index in [4.69, 9.17) is 9.47 Å². The molecule has 2 amide bonds. The molecule has 2 heterocycles. The number of carbonyl (C=O) groups is 1. The zero-order valence-electron chi connectivity index (χ0n) is 15.0. The van der Waals surface area contributed by atoms with Crippen molar-refractivity contribution in [2.24, 2.45) is 7.05 Å². The number of carbonyl (C=O) groups excluding carboxylic acids is 1. The van der Waals surface area contributed by atoms with E-state index in [1.807, 2.05) is 40.0 Å². The van der Waals surface area contributed by atoms with E-state index < -0.39 is 0 Å². The predicted molar refractivity (Wildman–Crippen MR) is 95.2 cm³/mol. The summed E-state index contributed by atoms with van der Waals surface area (Å²) in [7, 11) is 1.87. The lowest BCUT2D eigenvalue weighted by molar-refractivity contribution is 0.251. The van der Waals surface area contributed by atoms with Crippen LogP contribution in [0, 0.1) is 6.92 Å². The Hall–Kier alpha value is -2.70. The van der Waals surface area contributed by atoms with Crippen molar-refractivity contribution in [3.63, 3.8) is 0 Å². The molecule has 0 saturated carbocycles. The molecule has 2 aromatic rings. The third-order valence-corrected chi connectivity index (χ3v) is 4.32. The van der Waals surface area contributed by atoms with Crippen molar-refractivity contribution >= 4 is 11.7 Å². The number of anilines is 1. The fraction of sp³-hybridized carbons (Fsp3) is 0.444. The normalized spacial score (nSPS) is 15.4. The van der Waals surface area contributed by atoms with Gasteiger partial charge in [0.1, 0.15) is 17.6 Å². The SMILES string of the molecule is CCOc1cc2c(cc1NC(=O)NCc1cnn(C)c1C)OC(C)C2. The molecule has 1 aromatic heterocycles. The van der Waals surface area contributed by atoms with Crippen LogP contribution in [-0.4, -0.2) is 28.5 Å². The predicted octanol–water partition coefficient (Wildman–Crippen LogP) is 2.77. The third kappa shape index (κ3) is 3.70. The molecule has 0 fully saturated rings. The summed E-state index contributed by atoms with van der Waals surface area (Å²) in [4.78, 5) is 12.3. The number of urea groups is 1. The maximum Gasteiger partial charge on any atom is 0.319 e. The van der Waals surface area contributed by atoms with Gasteiger partial charge in [-0.25, -0.2) is 4.79 Å². The summed E-state index contributed by atoms with van der Waals surface area (Å²) in [5.41, 5.74) is 3.71. The fourth-order valence-corrected chi connectivity index (χ4v) is 2.87. The van der Waals surface area contributed by atoms with E-state index in [2.05, 4.69) is 15.7 Å². The standard InChI is InChI=1S/C18H24N4O3/c1-5-24-17-7-13-6-11(2)25-16(13)8-15(17)21-18(23)19-9-14-10-20-22(4)12(14)3/h7-8,10-11H,5-6,9H2,1-4H3,(H2,19,21,23). The van der Waals surface area contributed by atoms with Gasteiger partial charge < -0.3 is 20.1 Å². The smallest absolute Gasteiger partial charge is 0.319 e. The molecule has 1 aliphatic heterocycles. The fourth-order valence-electron chi connectivity index (χ4n) is 2.87. The molecule has 0 aliphatic carbocycles. The lowest BCUT2D eigenvalue weighted by atomic mass is 10.1. The van der Waals surface area contributed by atoms with Crippen LogP contribution in [0.3, 0.4) is 0 Å². The average molecular weight is 344 g/mol. The Morgan fingerprint density at radius 1 is 1.48 bits per heavy atom. The second-order valence-electron chi connectivity index (χ2n) is 6.21. The number of aromatic nitrogens is 2. The molecule has 2 N–H and O–H groups in total. The number of hydrogen-bond acceptors (Lipinski definition) is 4. The third-order valence-electron chi connectivity index (χ3n) is 4.32. The van der Waals surface area contributed by atoms with Crippen LogP contribution in [-0.2, 0) is 20.0 Å². The minimum atomic E-state index is -0.296. The van der Waals surface area contributed by atoms with E-state index in [9.17, 15) is 4.79 Å². The van der Waals surface area contributed by atoms with Gasteiger partial charge in [-0.1, -0.05) is 0 Å². The summed E-state index contributed by atoms with van der Waals surface area (Å²) in [6, 6.07) is 3.48. The highest BCUT2D eigenvalue weighted by molar-refractivity contribution is 5.91. The summed E-state index contributed by atoms with van der Waals surface area (Å²) in [5.74, 6) is 1.46. The monoisotopic (exact) mass is 344 g/mol. The van der Waals surface area contributed by atoms with Crippen molar-refractivity contribution < 1.29 is 14.3 Å². The number of rotatable bonds is 5. The molecule has 1 atom stereocenters. The van der Waals surface area contributed by atoms with Gasteiger partial charge in [-0.15, -0.1) is 0 Å². The van der Waals surface area contributed by atoms with Crippen LogP contribution in [0.5, 0.6) is 11.5 Å². The highest BCUT2D eigenvalue weighted by Crippen LogP contribution is 2.38. The van der Waals surface area contributed by atoms with Crippen molar-refractivity contribution in [3.8, 4) is 11.5 Å². The number of fused-ring (bicyclic) bond motifs is 1. The molecule has 1 aromatic carbocycles.